The average Bonchev–Trinajstić information content (AvgIpc) is 3.44. The molecule has 1 aliphatic heterocycles. The van der Waals surface area contributed by atoms with Gasteiger partial charge >= 0.3 is 0 Å². The largest absolute Gasteiger partial charge is 0.348 e. The highest BCUT2D eigenvalue weighted by Gasteiger charge is 2.41. The van der Waals surface area contributed by atoms with Gasteiger partial charge in [0, 0.05) is 18.0 Å². The van der Waals surface area contributed by atoms with Gasteiger partial charge in [0.05, 0.1) is 18.8 Å². The van der Waals surface area contributed by atoms with Crippen LogP contribution in [0.2, 0.25) is 0 Å². The molecule has 2 heterocycles. The highest BCUT2D eigenvalue weighted by molar-refractivity contribution is 5.92. The molecule has 28 heavy (non-hydrogen) atoms. The molecule has 1 N–H and O–H groups in total. The monoisotopic (exact) mass is 387 g/mol. The third-order valence-electron chi connectivity index (χ3n) is 6.97. The second-order valence-electron chi connectivity index (χ2n) is 9.20. The molecule has 1 atom stereocenters. The number of aromatic nitrogens is 3. The Morgan fingerprint density at radius 1 is 1.11 bits per heavy atom. The number of hydrogen-bond acceptors (Lipinski definition) is 4. The molecule has 7 heteroatoms. The lowest BCUT2D eigenvalue weighted by Gasteiger charge is -2.38. The Hall–Kier alpha value is -1.92. The highest BCUT2D eigenvalue weighted by Crippen LogP contribution is 2.39. The van der Waals surface area contributed by atoms with Crippen LogP contribution in [0, 0.1) is 5.41 Å². The van der Waals surface area contributed by atoms with Gasteiger partial charge in [-0.15, -0.1) is 5.10 Å². The third kappa shape index (κ3) is 4.08. The Balaban J connectivity index is 1.37. The van der Waals surface area contributed by atoms with Crippen LogP contribution in [0.15, 0.2) is 6.20 Å². The van der Waals surface area contributed by atoms with Gasteiger partial charge in [0.15, 0.2) is 5.69 Å². The standard InChI is InChI=1S/C21H33N5O2/c1-21(11-5-2-6-12-21)20(28)26-13-7-10-17(26)14-25-15-18(23-24-25)19(27)22-16-8-3-4-9-16/h15-17H,2-14H2,1H3,(H,22,27)/t17-/m0/s1. The van der Waals surface area contributed by atoms with Crippen molar-refractivity contribution in [3.05, 3.63) is 11.9 Å². The van der Waals surface area contributed by atoms with E-state index in [4.69, 9.17) is 0 Å². The van der Waals surface area contributed by atoms with Crippen LogP contribution >= 0.6 is 0 Å². The minimum atomic E-state index is -0.199. The zero-order chi connectivity index (χ0) is 19.6. The highest BCUT2D eigenvalue weighted by atomic mass is 16.2. The normalized spacial score (nSPS) is 25.2. The summed E-state index contributed by atoms with van der Waals surface area (Å²) in [5.74, 6) is 0.182. The molecule has 0 bridgehead atoms. The summed E-state index contributed by atoms with van der Waals surface area (Å²) in [5, 5.41) is 11.3. The quantitative estimate of drug-likeness (QED) is 0.842. The molecule has 154 valence electrons. The molecule has 0 spiro atoms. The molecule has 2 aliphatic carbocycles. The summed E-state index contributed by atoms with van der Waals surface area (Å²) < 4.78 is 1.74. The van der Waals surface area contributed by atoms with Gasteiger partial charge in [0.2, 0.25) is 5.91 Å². The molecule has 2 amide bonds. The topological polar surface area (TPSA) is 80.1 Å². The first-order valence-corrected chi connectivity index (χ1v) is 11.1. The van der Waals surface area contributed by atoms with Gasteiger partial charge in [-0.2, -0.15) is 0 Å². The fourth-order valence-corrected chi connectivity index (χ4v) is 5.22. The van der Waals surface area contributed by atoms with Crippen LogP contribution < -0.4 is 5.32 Å². The van der Waals surface area contributed by atoms with Gasteiger partial charge < -0.3 is 10.2 Å². The molecule has 2 saturated carbocycles. The third-order valence-corrected chi connectivity index (χ3v) is 6.97. The molecular formula is C21H33N5O2. The fourth-order valence-electron chi connectivity index (χ4n) is 5.22. The first kappa shape index (κ1) is 19.4. The van der Waals surface area contributed by atoms with Gasteiger partial charge in [-0.05, 0) is 38.5 Å². The van der Waals surface area contributed by atoms with Crippen molar-refractivity contribution in [1.29, 1.82) is 0 Å². The van der Waals surface area contributed by atoms with Crippen LogP contribution in [0.4, 0.5) is 0 Å². The van der Waals surface area contributed by atoms with Gasteiger partial charge in [-0.25, -0.2) is 4.68 Å². The van der Waals surface area contributed by atoms with E-state index in [0.29, 0.717) is 18.1 Å². The minimum Gasteiger partial charge on any atom is -0.348 e. The summed E-state index contributed by atoms with van der Waals surface area (Å²) in [5.41, 5.74) is 0.178. The summed E-state index contributed by atoms with van der Waals surface area (Å²) in [6, 6.07) is 0.426. The number of amides is 2. The van der Waals surface area contributed by atoms with Gasteiger partial charge in [0.1, 0.15) is 0 Å². The van der Waals surface area contributed by atoms with Crippen molar-refractivity contribution in [3.8, 4) is 0 Å². The van der Waals surface area contributed by atoms with E-state index in [9.17, 15) is 9.59 Å². The summed E-state index contributed by atoms with van der Waals surface area (Å²) in [7, 11) is 0. The van der Waals surface area contributed by atoms with E-state index < -0.39 is 0 Å². The summed E-state index contributed by atoms with van der Waals surface area (Å²) in [4.78, 5) is 27.7. The second kappa shape index (κ2) is 8.21. The molecule has 3 aliphatic rings. The SMILES string of the molecule is CC1(C(=O)N2CCC[C@H]2Cn2cc(C(=O)NC3CCCC3)nn2)CCCCC1. The number of nitrogens with zero attached hydrogens (tertiary/aromatic N) is 4. The maximum absolute atomic E-state index is 13.2. The zero-order valence-corrected chi connectivity index (χ0v) is 17.0. The number of carbonyl (C=O) groups excluding carboxylic acids is 2. The average molecular weight is 388 g/mol. The molecular weight excluding hydrogens is 354 g/mol. The lowest BCUT2D eigenvalue weighted by molar-refractivity contribution is -0.144. The van der Waals surface area contributed by atoms with E-state index in [1.54, 1.807) is 10.9 Å². The summed E-state index contributed by atoms with van der Waals surface area (Å²) >= 11 is 0. The minimum absolute atomic E-state index is 0.132. The number of nitrogens with one attached hydrogen (secondary N) is 1. The van der Waals surface area contributed by atoms with Crippen LogP contribution in [0.25, 0.3) is 0 Å². The molecule has 3 fully saturated rings. The van der Waals surface area contributed by atoms with Crippen LogP contribution in [0.5, 0.6) is 0 Å². The van der Waals surface area contributed by atoms with E-state index in [-0.39, 0.29) is 23.4 Å². The van der Waals surface area contributed by atoms with Crippen LogP contribution in [0.3, 0.4) is 0 Å². The van der Waals surface area contributed by atoms with E-state index >= 15 is 0 Å². The number of hydrogen-bond donors (Lipinski definition) is 1. The number of likely N-dealkylation sites (tertiary alicyclic amines) is 1. The molecule has 0 unspecified atom stereocenters. The van der Waals surface area contributed by atoms with Crippen molar-refractivity contribution in [2.45, 2.75) is 96.2 Å². The van der Waals surface area contributed by atoms with Crippen molar-refractivity contribution in [1.82, 2.24) is 25.2 Å². The Morgan fingerprint density at radius 3 is 2.61 bits per heavy atom. The van der Waals surface area contributed by atoms with E-state index in [2.05, 4.69) is 27.5 Å². The van der Waals surface area contributed by atoms with E-state index in [0.717, 1.165) is 57.9 Å². The predicted octanol–water partition coefficient (Wildman–Crippen LogP) is 2.91. The first-order valence-electron chi connectivity index (χ1n) is 11.1. The maximum atomic E-state index is 13.2. The lowest BCUT2D eigenvalue weighted by atomic mass is 9.74. The van der Waals surface area contributed by atoms with E-state index in [1.165, 1.54) is 19.3 Å². The second-order valence-corrected chi connectivity index (χ2v) is 9.20. The molecule has 1 aromatic rings. The van der Waals surface area contributed by atoms with Crippen molar-refractivity contribution < 1.29 is 9.59 Å². The van der Waals surface area contributed by atoms with Crippen LogP contribution in [0.1, 0.15) is 88.0 Å². The molecule has 4 rings (SSSR count). The lowest BCUT2D eigenvalue weighted by Crippen LogP contribution is -2.47. The molecule has 1 aromatic heterocycles. The summed E-state index contributed by atoms with van der Waals surface area (Å²) in [6.45, 7) is 3.60. The van der Waals surface area contributed by atoms with Gasteiger partial charge in [-0.3, -0.25) is 9.59 Å². The maximum Gasteiger partial charge on any atom is 0.273 e. The van der Waals surface area contributed by atoms with E-state index in [1.807, 2.05) is 0 Å². The Labute approximate surface area is 167 Å². The number of carbonyl (C=O) groups is 2. The molecule has 0 aromatic carbocycles. The van der Waals surface area contributed by atoms with Gasteiger partial charge in [0.25, 0.3) is 5.91 Å². The smallest absolute Gasteiger partial charge is 0.273 e. The van der Waals surface area contributed by atoms with Crippen molar-refractivity contribution in [3.63, 3.8) is 0 Å². The fraction of sp³-hybridized carbons (Fsp3) is 0.810. The van der Waals surface area contributed by atoms with Crippen LogP contribution in [-0.2, 0) is 11.3 Å². The molecule has 1 saturated heterocycles. The van der Waals surface area contributed by atoms with Crippen molar-refractivity contribution in [2.75, 3.05) is 6.54 Å². The Bertz CT molecular complexity index is 703. The molecule has 0 radical (unpaired) electrons. The van der Waals surface area contributed by atoms with Crippen molar-refractivity contribution >= 4 is 11.8 Å². The van der Waals surface area contributed by atoms with Crippen molar-refractivity contribution in [2.24, 2.45) is 5.41 Å². The Morgan fingerprint density at radius 2 is 1.86 bits per heavy atom. The van der Waals surface area contributed by atoms with Crippen LogP contribution in [-0.4, -0.2) is 50.3 Å². The van der Waals surface area contributed by atoms with Gasteiger partial charge in [-0.1, -0.05) is 44.2 Å². The number of rotatable bonds is 5. The molecule has 7 nitrogen and oxygen atoms in total. The zero-order valence-electron chi connectivity index (χ0n) is 17.0. The first-order chi connectivity index (χ1) is 13.5. The summed E-state index contributed by atoms with van der Waals surface area (Å²) in [6.07, 6.45) is 13.8. The Kier molecular flexibility index (Phi) is 5.69. The predicted molar refractivity (Wildman–Crippen MR) is 106 cm³/mol.